The minimum absolute atomic E-state index is 0.473. The van der Waals surface area contributed by atoms with Crippen LogP contribution in [0.25, 0.3) is 0 Å². The van der Waals surface area contributed by atoms with Gasteiger partial charge in [0.2, 0.25) is 0 Å². The first-order valence-corrected chi connectivity index (χ1v) is 8.22. The van der Waals surface area contributed by atoms with Crippen molar-refractivity contribution < 1.29 is 5.11 Å². The lowest BCUT2D eigenvalue weighted by molar-refractivity contribution is -0.0127. The summed E-state index contributed by atoms with van der Waals surface area (Å²) >= 11 is 0. The van der Waals surface area contributed by atoms with Crippen molar-refractivity contribution in [2.45, 2.75) is 71.4 Å². The largest absolute Gasteiger partial charge is 0.389 e. The van der Waals surface area contributed by atoms with Crippen LogP contribution in [0.2, 0.25) is 0 Å². The zero-order valence-electron chi connectivity index (χ0n) is 13.4. The second-order valence-corrected chi connectivity index (χ2v) is 6.29. The molecule has 1 unspecified atom stereocenters. The van der Waals surface area contributed by atoms with E-state index in [0.29, 0.717) is 6.04 Å². The summed E-state index contributed by atoms with van der Waals surface area (Å²) in [6.07, 6.45) is 5.46. The van der Waals surface area contributed by atoms with E-state index in [-0.39, 0.29) is 0 Å². The molecule has 2 N–H and O–H groups in total. The maximum Gasteiger partial charge on any atom is 0.0768 e. The van der Waals surface area contributed by atoms with Gasteiger partial charge in [-0.3, -0.25) is 0 Å². The number of β-amino-alcohol motifs (C(OH)–C–C–N with tert-alkyl or cyclic N) is 1. The molecular weight excluding hydrogens is 236 g/mol. The maximum absolute atomic E-state index is 10.4. The van der Waals surface area contributed by atoms with Gasteiger partial charge in [0.25, 0.3) is 0 Å². The van der Waals surface area contributed by atoms with Crippen LogP contribution in [0.1, 0.15) is 59.8 Å². The molecule has 0 spiro atoms. The molecule has 0 aromatic carbocycles. The summed E-state index contributed by atoms with van der Waals surface area (Å²) in [6, 6.07) is 0.637. The molecule has 1 fully saturated rings. The van der Waals surface area contributed by atoms with Gasteiger partial charge in [-0.1, -0.05) is 20.8 Å². The third kappa shape index (κ3) is 5.41. The normalized spacial score (nSPS) is 20.7. The van der Waals surface area contributed by atoms with E-state index in [2.05, 4.69) is 37.9 Å². The molecule has 1 saturated heterocycles. The van der Waals surface area contributed by atoms with Crippen LogP contribution in [0.4, 0.5) is 0 Å². The molecule has 0 bridgehead atoms. The Balaban J connectivity index is 2.32. The van der Waals surface area contributed by atoms with Crippen molar-refractivity contribution in [2.24, 2.45) is 5.92 Å². The van der Waals surface area contributed by atoms with Gasteiger partial charge in [0, 0.05) is 12.6 Å². The van der Waals surface area contributed by atoms with E-state index < -0.39 is 5.60 Å². The molecule has 19 heavy (non-hydrogen) atoms. The van der Waals surface area contributed by atoms with Gasteiger partial charge in [-0.2, -0.15) is 0 Å². The van der Waals surface area contributed by atoms with Crippen LogP contribution in [0.15, 0.2) is 0 Å². The minimum Gasteiger partial charge on any atom is -0.389 e. The van der Waals surface area contributed by atoms with Crippen LogP contribution in [-0.4, -0.2) is 47.8 Å². The highest BCUT2D eigenvalue weighted by Crippen LogP contribution is 2.24. The van der Waals surface area contributed by atoms with E-state index >= 15 is 0 Å². The van der Waals surface area contributed by atoms with Gasteiger partial charge in [-0.25, -0.2) is 0 Å². The Bertz CT molecular complexity index is 233. The molecule has 0 aliphatic carbocycles. The monoisotopic (exact) mass is 270 g/mol. The Kier molecular flexibility index (Phi) is 7.33. The Morgan fingerprint density at radius 3 is 2.26 bits per heavy atom. The van der Waals surface area contributed by atoms with E-state index in [1.807, 2.05) is 0 Å². The van der Waals surface area contributed by atoms with Crippen LogP contribution in [0, 0.1) is 5.92 Å². The lowest BCUT2D eigenvalue weighted by Gasteiger charge is -2.39. The Morgan fingerprint density at radius 1 is 1.21 bits per heavy atom. The van der Waals surface area contributed by atoms with Crippen molar-refractivity contribution in [2.75, 3.05) is 26.2 Å². The molecule has 1 rings (SSSR count). The third-order valence-electron chi connectivity index (χ3n) is 4.89. The van der Waals surface area contributed by atoms with Crippen molar-refractivity contribution in [1.82, 2.24) is 10.2 Å². The fraction of sp³-hybridized carbons (Fsp3) is 1.00. The van der Waals surface area contributed by atoms with Crippen LogP contribution >= 0.6 is 0 Å². The van der Waals surface area contributed by atoms with Crippen molar-refractivity contribution in [3.63, 3.8) is 0 Å². The van der Waals surface area contributed by atoms with Crippen LogP contribution in [-0.2, 0) is 0 Å². The number of likely N-dealkylation sites (tertiary alicyclic amines) is 1. The first-order valence-electron chi connectivity index (χ1n) is 8.22. The lowest BCUT2D eigenvalue weighted by atomic mass is 9.88. The van der Waals surface area contributed by atoms with Gasteiger partial charge in [0.15, 0.2) is 0 Å². The van der Waals surface area contributed by atoms with Gasteiger partial charge in [0.05, 0.1) is 5.60 Å². The number of nitrogens with one attached hydrogen (secondary N) is 1. The molecule has 0 aromatic heterocycles. The second-order valence-electron chi connectivity index (χ2n) is 6.29. The summed E-state index contributed by atoms with van der Waals surface area (Å²) in [6.45, 7) is 13.0. The van der Waals surface area contributed by atoms with Gasteiger partial charge in [-0.05, 0) is 64.6 Å². The van der Waals surface area contributed by atoms with Gasteiger partial charge in [-0.15, -0.1) is 0 Å². The summed E-state index contributed by atoms with van der Waals surface area (Å²) in [4.78, 5) is 2.45. The van der Waals surface area contributed by atoms with Gasteiger partial charge < -0.3 is 15.3 Å². The predicted molar refractivity (Wildman–Crippen MR) is 82.5 cm³/mol. The van der Waals surface area contributed by atoms with E-state index in [1.54, 1.807) is 0 Å². The average molecular weight is 270 g/mol. The number of rotatable bonds is 8. The molecule has 0 aromatic rings. The standard InChI is InChI=1S/C16H34N2O/c1-5-10-17-14(4)15-8-11-18(12-9-15)13-16(19,6-2)7-3/h14-15,17,19H,5-13H2,1-4H3. The summed E-state index contributed by atoms with van der Waals surface area (Å²) in [5.74, 6) is 0.805. The smallest absolute Gasteiger partial charge is 0.0768 e. The number of aliphatic hydroxyl groups is 1. The Hall–Kier alpha value is -0.120. The first-order chi connectivity index (χ1) is 9.04. The van der Waals surface area contributed by atoms with Crippen molar-refractivity contribution in [3.05, 3.63) is 0 Å². The first kappa shape index (κ1) is 16.9. The fourth-order valence-corrected chi connectivity index (χ4v) is 3.04. The number of hydrogen-bond donors (Lipinski definition) is 2. The maximum atomic E-state index is 10.4. The molecule has 3 heteroatoms. The molecule has 1 heterocycles. The highest BCUT2D eigenvalue weighted by Gasteiger charge is 2.29. The zero-order chi connectivity index (χ0) is 14.3. The topological polar surface area (TPSA) is 35.5 Å². The summed E-state index contributed by atoms with van der Waals surface area (Å²) in [5.41, 5.74) is -0.473. The average Bonchev–Trinajstić information content (AvgIpc) is 2.45. The molecular formula is C16H34N2O. The van der Waals surface area contributed by atoms with Gasteiger partial charge >= 0.3 is 0 Å². The number of piperidine rings is 1. The predicted octanol–water partition coefficient (Wildman–Crippen LogP) is 2.64. The van der Waals surface area contributed by atoms with E-state index in [9.17, 15) is 5.11 Å². The van der Waals surface area contributed by atoms with Crippen LogP contribution in [0.5, 0.6) is 0 Å². The van der Waals surface area contributed by atoms with Crippen molar-refractivity contribution in [1.29, 1.82) is 0 Å². The summed E-state index contributed by atoms with van der Waals surface area (Å²) in [7, 11) is 0. The van der Waals surface area contributed by atoms with E-state index in [0.717, 1.165) is 44.9 Å². The third-order valence-corrected chi connectivity index (χ3v) is 4.89. The van der Waals surface area contributed by atoms with E-state index in [1.165, 1.54) is 19.3 Å². The van der Waals surface area contributed by atoms with Crippen molar-refractivity contribution in [3.8, 4) is 0 Å². The van der Waals surface area contributed by atoms with Crippen molar-refractivity contribution >= 4 is 0 Å². The molecule has 1 atom stereocenters. The van der Waals surface area contributed by atoms with E-state index in [4.69, 9.17) is 0 Å². The molecule has 0 amide bonds. The highest BCUT2D eigenvalue weighted by molar-refractivity contribution is 4.84. The SMILES string of the molecule is CCCNC(C)C1CCN(CC(O)(CC)CC)CC1. The molecule has 1 aliphatic rings. The Morgan fingerprint density at radius 2 is 1.79 bits per heavy atom. The summed E-state index contributed by atoms with van der Waals surface area (Å²) < 4.78 is 0. The molecule has 114 valence electrons. The van der Waals surface area contributed by atoms with Crippen LogP contribution in [0.3, 0.4) is 0 Å². The number of hydrogen-bond acceptors (Lipinski definition) is 3. The lowest BCUT2D eigenvalue weighted by Crippen LogP contribution is -2.48. The summed E-state index contributed by atoms with van der Waals surface area (Å²) in [5, 5.41) is 14.0. The molecule has 0 saturated carbocycles. The molecule has 1 aliphatic heterocycles. The number of nitrogens with zero attached hydrogens (tertiary/aromatic N) is 1. The molecule has 3 nitrogen and oxygen atoms in total. The molecule has 0 radical (unpaired) electrons. The fourth-order valence-electron chi connectivity index (χ4n) is 3.04. The Labute approximate surface area is 119 Å². The second kappa shape index (κ2) is 8.23. The van der Waals surface area contributed by atoms with Crippen LogP contribution < -0.4 is 5.32 Å². The van der Waals surface area contributed by atoms with Gasteiger partial charge in [0.1, 0.15) is 0 Å². The zero-order valence-corrected chi connectivity index (χ0v) is 13.4. The highest BCUT2D eigenvalue weighted by atomic mass is 16.3. The minimum atomic E-state index is -0.473. The quantitative estimate of drug-likeness (QED) is 0.712.